The first-order valence-electron chi connectivity index (χ1n) is 6.24. The predicted molar refractivity (Wildman–Crippen MR) is 69.4 cm³/mol. The molecule has 2 rings (SSSR count). The Morgan fingerprint density at radius 1 is 1.35 bits per heavy atom. The fraction of sp³-hybridized carbons (Fsp3) is 0.615. The van der Waals surface area contributed by atoms with Crippen LogP contribution in [0.4, 0.5) is 5.82 Å². The zero-order chi connectivity index (χ0) is 12.1. The van der Waals surface area contributed by atoms with E-state index >= 15 is 0 Å². The Bertz CT molecular complexity index is 360. The Balaban J connectivity index is 2.17. The molecule has 4 nitrogen and oxygen atoms in total. The topological polar surface area (TPSA) is 37.4 Å². The van der Waals surface area contributed by atoms with Crippen LogP contribution in [0.1, 0.15) is 17.7 Å². The molecule has 4 heteroatoms. The van der Waals surface area contributed by atoms with Crippen molar-refractivity contribution in [2.24, 2.45) is 0 Å². The van der Waals surface area contributed by atoms with Gasteiger partial charge in [-0.15, -0.1) is 0 Å². The van der Waals surface area contributed by atoms with Gasteiger partial charge in [0.2, 0.25) is 0 Å². The number of hydrogen-bond acceptors (Lipinski definition) is 4. The van der Waals surface area contributed by atoms with Crippen LogP contribution in [-0.2, 0) is 11.3 Å². The van der Waals surface area contributed by atoms with E-state index in [-0.39, 0.29) is 0 Å². The monoisotopic (exact) mass is 235 g/mol. The molecule has 0 aliphatic carbocycles. The van der Waals surface area contributed by atoms with Crippen molar-refractivity contribution >= 4 is 5.82 Å². The van der Waals surface area contributed by atoms with Crippen molar-refractivity contribution in [3.05, 3.63) is 23.4 Å². The van der Waals surface area contributed by atoms with Gasteiger partial charge in [-0.3, -0.25) is 0 Å². The first kappa shape index (κ1) is 12.3. The standard InChI is InChI=1S/C13H21N3O/c1-11-8-12(10-14-2)9-13(15-11)16-4-3-6-17-7-5-16/h8-9,14H,3-7,10H2,1-2H3. The maximum atomic E-state index is 5.47. The van der Waals surface area contributed by atoms with Crippen LogP contribution < -0.4 is 10.2 Å². The van der Waals surface area contributed by atoms with Crippen molar-refractivity contribution in [3.63, 3.8) is 0 Å². The molecule has 0 unspecified atom stereocenters. The molecule has 1 aliphatic rings. The van der Waals surface area contributed by atoms with E-state index in [1.807, 2.05) is 7.05 Å². The summed E-state index contributed by atoms with van der Waals surface area (Å²) in [5, 5.41) is 3.18. The fourth-order valence-corrected chi connectivity index (χ4v) is 2.16. The fourth-order valence-electron chi connectivity index (χ4n) is 2.16. The average Bonchev–Trinajstić information content (AvgIpc) is 2.57. The van der Waals surface area contributed by atoms with Gasteiger partial charge in [-0.1, -0.05) is 0 Å². The van der Waals surface area contributed by atoms with E-state index in [0.29, 0.717) is 0 Å². The van der Waals surface area contributed by atoms with Gasteiger partial charge in [-0.25, -0.2) is 4.98 Å². The molecule has 0 spiro atoms. The van der Waals surface area contributed by atoms with Crippen LogP contribution in [0, 0.1) is 6.92 Å². The van der Waals surface area contributed by atoms with Crippen molar-refractivity contribution in [2.75, 3.05) is 38.3 Å². The number of nitrogens with one attached hydrogen (secondary N) is 1. The van der Waals surface area contributed by atoms with Crippen LogP contribution in [0.3, 0.4) is 0 Å². The van der Waals surface area contributed by atoms with Crippen molar-refractivity contribution in [3.8, 4) is 0 Å². The van der Waals surface area contributed by atoms with E-state index in [1.54, 1.807) is 0 Å². The number of pyridine rings is 1. The van der Waals surface area contributed by atoms with Gasteiger partial charge in [-0.05, 0) is 38.1 Å². The Morgan fingerprint density at radius 2 is 2.24 bits per heavy atom. The van der Waals surface area contributed by atoms with Crippen molar-refractivity contribution in [2.45, 2.75) is 19.9 Å². The van der Waals surface area contributed by atoms with Crippen LogP contribution in [0.25, 0.3) is 0 Å². The molecule has 1 aromatic rings. The van der Waals surface area contributed by atoms with Crippen molar-refractivity contribution < 1.29 is 4.74 Å². The third-order valence-electron chi connectivity index (χ3n) is 2.93. The van der Waals surface area contributed by atoms with Gasteiger partial charge in [0.15, 0.2) is 0 Å². The molecular weight excluding hydrogens is 214 g/mol. The highest BCUT2D eigenvalue weighted by atomic mass is 16.5. The van der Waals surface area contributed by atoms with E-state index in [2.05, 4.69) is 34.3 Å². The molecule has 1 aliphatic heterocycles. The lowest BCUT2D eigenvalue weighted by Gasteiger charge is -2.21. The Kier molecular flexibility index (Phi) is 4.34. The Hall–Kier alpha value is -1.13. The van der Waals surface area contributed by atoms with Crippen LogP contribution in [0.5, 0.6) is 0 Å². The van der Waals surface area contributed by atoms with E-state index in [0.717, 1.165) is 50.8 Å². The lowest BCUT2D eigenvalue weighted by atomic mass is 10.2. The highest BCUT2D eigenvalue weighted by Crippen LogP contribution is 2.16. The van der Waals surface area contributed by atoms with Gasteiger partial charge in [0.1, 0.15) is 5.82 Å². The van der Waals surface area contributed by atoms with E-state index in [1.165, 1.54) is 5.56 Å². The molecule has 94 valence electrons. The number of ether oxygens (including phenoxy) is 1. The zero-order valence-electron chi connectivity index (χ0n) is 10.7. The summed E-state index contributed by atoms with van der Waals surface area (Å²) < 4.78 is 5.47. The number of nitrogens with zero attached hydrogens (tertiary/aromatic N) is 2. The third kappa shape index (κ3) is 3.41. The summed E-state index contributed by atoms with van der Waals surface area (Å²) >= 11 is 0. The lowest BCUT2D eigenvalue weighted by molar-refractivity contribution is 0.152. The van der Waals surface area contributed by atoms with Gasteiger partial charge in [-0.2, -0.15) is 0 Å². The molecule has 1 aromatic heterocycles. The molecule has 1 fully saturated rings. The Labute approximate surface area is 103 Å². The predicted octanol–water partition coefficient (Wildman–Crippen LogP) is 1.34. The summed E-state index contributed by atoms with van der Waals surface area (Å²) in [5.74, 6) is 1.08. The SMILES string of the molecule is CNCc1cc(C)nc(N2CCCOCC2)c1. The molecule has 0 amide bonds. The van der Waals surface area contributed by atoms with Gasteiger partial charge in [0.05, 0.1) is 6.61 Å². The largest absolute Gasteiger partial charge is 0.380 e. The van der Waals surface area contributed by atoms with E-state index in [4.69, 9.17) is 4.74 Å². The highest BCUT2D eigenvalue weighted by molar-refractivity contribution is 5.42. The number of hydrogen-bond donors (Lipinski definition) is 1. The highest BCUT2D eigenvalue weighted by Gasteiger charge is 2.12. The zero-order valence-corrected chi connectivity index (χ0v) is 10.7. The van der Waals surface area contributed by atoms with Crippen LogP contribution in [0.2, 0.25) is 0 Å². The lowest BCUT2D eigenvalue weighted by Crippen LogP contribution is -2.27. The molecule has 2 heterocycles. The van der Waals surface area contributed by atoms with E-state index < -0.39 is 0 Å². The number of aryl methyl sites for hydroxylation is 1. The smallest absolute Gasteiger partial charge is 0.129 e. The van der Waals surface area contributed by atoms with Gasteiger partial charge in [0.25, 0.3) is 0 Å². The maximum absolute atomic E-state index is 5.47. The van der Waals surface area contributed by atoms with Crippen LogP contribution in [-0.4, -0.2) is 38.3 Å². The van der Waals surface area contributed by atoms with E-state index in [9.17, 15) is 0 Å². The van der Waals surface area contributed by atoms with Crippen molar-refractivity contribution in [1.29, 1.82) is 0 Å². The molecule has 0 bridgehead atoms. The minimum atomic E-state index is 0.803. The van der Waals surface area contributed by atoms with Gasteiger partial charge >= 0.3 is 0 Å². The molecule has 1 N–H and O–H groups in total. The van der Waals surface area contributed by atoms with Gasteiger partial charge < -0.3 is 15.0 Å². The average molecular weight is 235 g/mol. The van der Waals surface area contributed by atoms with Gasteiger partial charge in [0, 0.05) is 31.9 Å². The number of rotatable bonds is 3. The minimum Gasteiger partial charge on any atom is -0.380 e. The molecule has 0 radical (unpaired) electrons. The second kappa shape index (κ2) is 5.98. The normalized spacial score (nSPS) is 16.9. The third-order valence-corrected chi connectivity index (χ3v) is 2.93. The number of anilines is 1. The second-order valence-corrected chi connectivity index (χ2v) is 4.46. The quantitative estimate of drug-likeness (QED) is 0.858. The summed E-state index contributed by atoms with van der Waals surface area (Å²) in [6, 6.07) is 4.31. The summed E-state index contributed by atoms with van der Waals surface area (Å²) in [6.45, 7) is 6.59. The first-order chi connectivity index (χ1) is 8.29. The molecule has 0 aromatic carbocycles. The summed E-state index contributed by atoms with van der Waals surface area (Å²) in [6.07, 6.45) is 1.08. The minimum absolute atomic E-state index is 0.803. The molecule has 0 saturated carbocycles. The summed E-state index contributed by atoms with van der Waals surface area (Å²) in [5.41, 5.74) is 2.37. The summed E-state index contributed by atoms with van der Waals surface area (Å²) in [4.78, 5) is 6.94. The Morgan fingerprint density at radius 3 is 3.06 bits per heavy atom. The maximum Gasteiger partial charge on any atom is 0.129 e. The van der Waals surface area contributed by atoms with Crippen LogP contribution in [0.15, 0.2) is 12.1 Å². The summed E-state index contributed by atoms with van der Waals surface area (Å²) in [7, 11) is 1.97. The first-order valence-corrected chi connectivity index (χ1v) is 6.24. The molecule has 0 atom stereocenters. The van der Waals surface area contributed by atoms with Crippen LogP contribution >= 0.6 is 0 Å². The van der Waals surface area contributed by atoms with Crippen molar-refractivity contribution in [1.82, 2.24) is 10.3 Å². The molecule has 17 heavy (non-hydrogen) atoms. The number of aromatic nitrogens is 1. The molecular formula is C13H21N3O. The molecule has 1 saturated heterocycles. The second-order valence-electron chi connectivity index (χ2n) is 4.46.